The zero-order chi connectivity index (χ0) is 23.5. The topological polar surface area (TPSA) is 164 Å². The molecule has 2 aromatic heterocycles. The van der Waals surface area contributed by atoms with Crippen LogP contribution in [0.4, 0.5) is 11.5 Å². The quantitative estimate of drug-likeness (QED) is 0.557. The summed E-state index contributed by atoms with van der Waals surface area (Å²) in [6.45, 7) is 2.37. The first-order valence-corrected chi connectivity index (χ1v) is 11.7. The Morgan fingerprint density at radius 1 is 1.16 bits per heavy atom. The van der Waals surface area contributed by atoms with Gasteiger partial charge in [-0.1, -0.05) is 13.0 Å². The molecule has 12 heteroatoms. The third-order valence-electron chi connectivity index (χ3n) is 5.01. The fourth-order valence-corrected chi connectivity index (χ4v) is 4.04. The monoisotopic (exact) mass is 460 g/mol. The van der Waals surface area contributed by atoms with Gasteiger partial charge < -0.3 is 16.0 Å². The highest BCUT2D eigenvalue weighted by atomic mass is 32.2. The van der Waals surface area contributed by atoms with Gasteiger partial charge in [-0.2, -0.15) is 0 Å². The number of piperidine rings is 1. The lowest BCUT2D eigenvalue weighted by molar-refractivity contribution is -0.146. The number of aromatic nitrogens is 2. The van der Waals surface area contributed by atoms with Gasteiger partial charge in [0.25, 0.3) is 0 Å². The molecule has 170 valence electrons. The Hall–Kier alpha value is -3.54. The fourth-order valence-electron chi connectivity index (χ4n) is 3.53. The molecule has 2 atom stereocenters. The summed E-state index contributed by atoms with van der Waals surface area (Å²) >= 11 is 0. The summed E-state index contributed by atoms with van der Waals surface area (Å²) in [4.78, 5) is 46.4. The molecule has 0 spiro atoms. The molecule has 1 aliphatic rings. The standard InChI is InChI=1S/C20H24N6O5S/c1-12-3-5-16(13-4-6-17(23-9-13)25-32(2,30)31)26(11-12)20(29)19(28)24-15-7-14(18(21)27)8-22-10-15/h4,6-10,12,16H,3,5,11H2,1-2H3,(H2,21,27)(H,23,25)(H,24,28). The van der Waals surface area contributed by atoms with Gasteiger partial charge in [-0.25, -0.2) is 13.4 Å². The molecule has 0 aromatic carbocycles. The van der Waals surface area contributed by atoms with Crippen LogP contribution in [0.15, 0.2) is 36.8 Å². The zero-order valence-corrected chi connectivity index (χ0v) is 18.4. The summed E-state index contributed by atoms with van der Waals surface area (Å²) in [5.41, 5.74) is 6.20. The van der Waals surface area contributed by atoms with Crippen LogP contribution in [-0.2, 0) is 19.6 Å². The molecule has 32 heavy (non-hydrogen) atoms. The number of nitrogens with two attached hydrogens (primary N) is 1. The normalized spacial score (nSPS) is 18.6. The highest BCUT2D eigenvalue weighted by molar-refractivity contribution is 7.92. The predicted octanol–water partition coefficient (Wildman–Crippen LogP) is 0.885. The summed E-state index contributed by atoms with van der Waals surface area (Å²) < 4.78 is 25.0. The third-order valence-corrected chi connectivity index (χ3v) is 5.59. The number of sulfonamides is 1. The van der Waals surface area contributed by atoms with E-state index >= 15 is 0 Å². The summed E-state index contributed by atoms with van der Waals surface area (Å²) in [6, 6.07) is 4.14. The number of amides is 3. The number of nitrogens with one attached hydrogen (secondary N) is 2. The Kier molecular flexibility index (Phi) is 6.72. The summed E-state index contributed by atoms with van der Waals surface area (Å²) in [5, 5.41) is 2.46. The Labute approximate surface area is 185 Å². The minimum atomic E-state index is -3.46. The number of primary amides is 1. The second-order valence-electron chi connectivity index (χ2n) is 7.79. The average Bonchev–Trinajstić information content (AvgIpc) is 2.73. The highest BCUT2D eigenvalue weighted by Gasteiger charge is 2.34. The molecule has 4 N–H and O–H groups in total. The smallest absolute Gasteiger partial charge is 0.313 e. The first-order valence-electron chi connectivity index (χ1n) is 9.84. The van der Waals surface area contributed by atoms with Gasteiger partial charge in [-0.05, 0) is 36.5 Å². The number of likely N-dealkylation sites (tertiary alicyclic amines) is 1. The number of anilines is 2. The maximum atomic E-state index is 13.0. The second-order valence-corrected chi connectivity index (χ2v) is 9.54. The van der Waals surface area contributed by atoms with Gasteiger partial charge in [0, 0.05) is 18.9 Å². The van der Waals surface area contributed by atoms with E-state index < -0.39 is 27.7 Å². The van der Waals surface area contributed by atoms with Crippen LogP contribution in [0.25, 0.3) is 0 Å². The number of rotatable bonds is 5. The molecule has 2 aromatic rings. The summed E-state index contributed by atoms with van der Waals surface area (Å²) in [7, 11) is -3.46. The molecule has 1 saturated heterocycles. The minimum absolute atomic E-state index is 0.105. The van der Waals surface area contributed by atoms with Crippen molar-refractivity contribution in [3.8, 4) is 0 Å². The van der Waals surface area contributed by atoms with Crippen LogP contribution in [0.2, 0.25) is 0 Å². The highest BCUT2D eigenvalue weighted by Crippen LogP contribution is 2.33. The molecule has 3 rings (SSSR count). The van der Waals surface area contributed by atoms with E-state index in [4.69, 9.17) is 5.73 Å². The van der Waals surface area contributed by atoms with E-state index in [1.165, 1.54) is 35.6 Å². The van der Waals surface area contributed by atoms with Crippen LogP contribution < -0.4 is 15.8 Å². The van der Waals surface area contributed by atoms with Crippen molar-refractivity contribution >= 4 is 39.3 Å². The lowest BCUT2D eigenvalue weighted by Gasteiger charge is -2.38. The van der Waals surface area contributed by atoms with Crippen molar-refractivity contribution in [3.05, 3.63) is 47.9 Å². The van der Waals surface area contributed by atoms with Gasteiger partial charge in [-0.3, -0.25) is 24.1 Å². The Balaban J connectivity index is 1.78. The van der Waals surface area contributed by atoms with E-state index in [1.807, 2.05) is 6.92 Å². The molecule has 2 unspecified atom stereocenters. The minimum Gasteiger partial charge on any atom is -0.366 e. The molecule has 0 saturated carbocycles. The molecule has 0 radical (unpaired) electrons. The van der Waals surface area contributed by atoms with Crippen LogP contribution in [0.3, 0.4) is 0 Å². The number of carbonyl (C=O) groups excluding carboxylic acids is 3. The fraction of sp³-hybridized carbons (Fsp3) is 0.350. The largest absolute Gasteiger partial charge is 0.366 e. The number of nitrogens with zero attached hydrogens (tertiary/aromatic N) is 3. The van der Waals surface area contributed by atoms with Crippen LogP contribution >= 0.6 is 0 Å². The molecule has 11 nitrogen and oxygen atoms in total. The van der Waals surface area contributed by atoms with Crippen LogP contribution in [0, 0.1) is 5.92 Å². The van der Waals surface area contributed by atoms with E-state index in [-0.39, 0.29) is 29.0 Å². The van der Waals surface area contributed by atoms with Gasteiger partial charge in [0.2, 0.25) is 15.9 Å². The van der Waals surface area contributed by atoms with Gasteiger partial charge in [0.15, 0.2) is 0 Å². The van der Waals surface area contributed by atoms with E-state index in [2.05, 4.69) is 20.0 Å². The van der Waals surface area contributed by atoms with Crippen molar-refractivity contribution in [3.63, 3.8) is 0 Å². The molecular formula is C20H24N6O5S. The maximum Gasteiger partial charge on any atom is 0.313 e. The van der Waals surface area contributed by atoms with Gasteiger partial charge in [0.05, 0.1) is 29.7 Å². The molecule has 1 fully saturated rings. The lowest BCUT2D eigenvalue weighted by Crippen LogP contribution is -2.46. The molecule has 3 amide bonds. The summed E-state index contributed by atoms with van der Waals surface area (Å²) in [5.74, 6) is -1.94. The molecule has 0 bridgehead atoms. The Morgan fingerprint density at radius 2 is 1.91 bits per heavy atom. The molecular weight excluding hydrogens is 436 g/mol. The molecule has 3 heterocycles. The zero-order valence-electron chi connectivity index (χ0n) is 17.6. The third kappa shape index (κ3) is 5.78. The van der Waals surface area contributed by atoms with Crippen LogP contribution in [0.1, 0.15) is 41.7 Å². The van der Waals surface area contributed by atoms with Crippen molar-refractivity contribution in [2.45, 2.75) is 25.8 Å². The van der Waals surface area contributed by atoms with Crippen LogP contribution in [0.5, 0.6) is 0 Å². The Morgan fingerprint density at radius 3 is 2.53 bits per heavy atom. The van der Waals surface area contributed by atoms with Gasteiger partial charge in [0.1, 0.15) is 5.82 Å². The predicted molar refractivity (Wildman–Crippen MR) is 117 cm³/mol. The first kappa shape index (κ1) is 23.1. The maximum absolute atomic E-state index is 13.0. The van der Waals surface area contributed by atoms with Crippen molar-refractivity contribution in [2.24, 2.45) is 11.7 Å². The SMILES string of the molecule is CC1CCC(c2ccc(NS(C)(=O)=O)nc2)N(C(=O)C(=O)Nc2cncc(C(N)=O)c2)C1. The van der Waals surface area contributed by atoms with Crippen molar-refractivity contribution in [1.82, 2.24) is 14.9 Å². The van der Waals surface area contributed by atoms with E-state index in [0.29, 0.717) is 18.5 Å². The van der Waals surface area contributed by atoms with Crippen LogP contribution in [-0.4, -0.2) is 53.8 Å². The van der Waals surface area contributed by atoms with Crippen molar-refractivity contribution in [2.75, 3.05) is 22.8 Å². The van der Waals surface area contributed by atoms with Gasteiger partial charge >= 0.3 is 11.8 Å². The number of hydrogen-bond donors (Lipinski definition) is 3. The lowest BCUT2D eigenvalue weighted by atomic mass is 9.90. The van der Waals surface area contributed by atoms with Gasteiger partial charge in [-0.15, -0.1) is 0 Å². The summed E-state index contributed by atoms with van der Waals surface area (Å²) in [6.07, 6.45) is 6.57. The number of carbonyl (C=O) groups is 3. The number of pyridine rings is 2. The number of hydrogen-bond acceptors (Lipinski definition) is 7. The molecule has 1 aliphatic heterocycles. The Bertz CT molecular complexity index is 1140. The second kappa shape index (κ2) is 9.30. The van der Waals surface area contributed by atoms with E-state index in [9.17, 15) is 22.8 Å². The molecule has 0 aliphatic carbocycles. The van der Waals surface area contributed by atoms with Crippen molar-refractivity contribution in [1.29, 1.82) is 0 Å². The van der Waals surface area contributed by atoms with E-state index in [0.717, 1.165) is 12.7 Å². The van der Waals surface area contributed by atoms with E-state index in [1.54, 1.807) is 6.07 Å². The average molecular weight is 461 g/mol. The first-order chi connectivity index (χ1) is 15.0. The van der Waals surface area contributed by atoms with Crippen molar-refractivity contribution < 1.29 is 22.8 Å².